The third-order valence-corrected chi connectivity index (χ3v) is 6.60. The first kappa shape index (κ1) is 19.4. The Kier molecular flexibility index (Phi) is 5.01. The van der Waals surface area contributed by atoms with E-state index >= 15 is 0 Å². The van der Waals surface area contributed by atoms with Crippen molar-refractivity contribution >= 4 is 38.7 Å². The fourth-order valence-corrected chi connectivity index (χ4v) is 3.96. The Hall–Kier alpha value is -2.91. The molecule has 1 saturated carbocycles. The van der Waals surface area contributed by atoms with E-state index < -0.39 is 10.2 Å². The van der Waals surface area contributed by atoms with Gasteiger partial charge in [0, 0.05) is 36.8 Å². The number of pyridine rings is 1. The SMILES string of the molecule is CCN(C)S(=O)(=O)Nc1ccc(-c2cc(NC(=O)C3CC3)nc3[nH]ccc23)cc1. The number of rotatable bonds is 7. The number of carbonyl (C=O) groups is 1. The number of amides is 1. The Morgan fingerprint density at radius 1 is 1.24 bits per heavy atom. The maximum Gasteiger partial charge on any atom is 0.301 e. The number of hydrogen-bond acceptors (Lipinski definition) is 4. The van der Waals surface area contributed by atoms with Gasteiger partial charge < -0.3 is 10.3 Å². The molecule has 4 rings (SSSR count). The molecule has 8 nitrogen and oxygen atoms in total. The van der Waals surface area contributed by atoms with Crippen LogP contribution in [0.5, 0.6) is 0 Å². The van der Waals surface area contributed by atoms with Crippen molar-refractivity contribution in [2.45, 2.75) is 19.8 Å². The van der Waals surface area contributed by atoms with E-state index in [1.54, 1.807) is 25.3 Å². The molecule has 29 heavy (non-hydrogen) atoms. The molecule has 0 atom stereocenters. The molecule has 1 aliphatic carbocycles. The molecule has 0 unspecified atom stereocenters. The Bertz CT molecular complexity index is 1150. The van der Waals surface area contributed by atoms with Gasteiger partial charge in [0.2, 0.25) is 5.91 Å². The minimum Gasteiger partial charge on any atom is -0.346 e. The number of carbonyl (C=O) groups excluding carboxylic acids is 1. The lowest BCUT2D eigenvalue weighted by atomic mass is 10.0. The van der Waals surface area contributed by atoms with E-state index in [4.69, 9.17) is 0 Å². The highest BCUT2D eigenvalue weighted by Crippen LogP contribution is 2.33. The average molecular weight is 414 g/mol. The predicted molar refractivity (Wildman–Crippen MR) is 114 cm³/mol. The molecule has 0 saturated heterocycles. The second kappa shape index (κ2) is 7.49. The Labute approximate surface area is 169 Å². The molecule has 3 N–H and O–H groups in total. The quantitative estimate of drug-likeness (QED) is 0.553. The standard InChI is InChI=1S/C20H23N5O3S/c1-3-25(2)29(27,28)24-15-8-6-13(7-9-15)17-12-18(23-20(26)14-4-5-14)22-19-16(17)10-11-21-19/h6-12,14,24H,3-5H2,1-2H3,(H2,21,22,23,26). The number of H-pyrrole nitrogens is 1. The molecule has 9 heteroatoms. The number of aromatic nitrogens is 2. The number of nitrogens with zero attached hydrogens (tertiary/aromatic N) is 2. The summed E-state index contributed by atoms with van der Waals surface area (Å²) in [6, 6.07) is 10.9. The van der Waals surface area contributed by atoms with Crippen LogP contribution in [0.25, 0.3) is 22.2 Å². The van der Waals surface area contributed by atoms with Crippen LogP contribution >= 0.6 is 0 Å². The van der Waals surface area contributed by atoms with Gasteiger partial charge >= 0.3 is 10.2 Å². The molecule has 1 aliphatic rings. The third kappa shape index (κ3) is 4.10. The lowest BCUT2D eigenvalue weighted by Gasteiger charge is -2.16. The monoisotopic (exact) mass is 413 g/mol. The summed E-state index contributed by atoms with van der Waals surface area (Å²) in [7, 11) is -2.05. The molecule has 2 aromatic heterocycles. The van der Waals surface area contributed by atoms with Crippen molar-refractivity contribution < 1.29 is 13.2 Å². The van der Waals surface area contributed by atoms with Crippen molar-refractivity contribution in [3.63, 3.8) is 0 Å². The number of anilines is 2. The van der Waals surface area contributed by atoms with Crippen LogP contribution in [0.2, 0.25) is 0 Å². The van der Waals surface area contributed by atoms with E-state index in [1.165, 1.54) is 11.4 Å². The van der Waals surface area contributed by atoms with Crippen LogP contribution in [0.15, 0.2) is 42.6 Å². The zero-order valence-corrected chi connectivity index (χ0v) is 17.1. The molecule has 3 aromatic rings. The summed E-state index contributed by atoms with van der Waals surface area (Å²) >= 11 is 0. The summed E-state index contributed by atoms with van der Waals surface area (Å²) in [6.45, 7) is 2.15. The lowest BCUT2D eigenvalue weighted by Crippen LogP contribution is -2.32. The van der Waals surface area contributed by atoms with E-state index in [2.05, 4.69) is 20.0 Å². The molecule has 152 valence electrons. The molecule has 1 aromatic carbocycles. The minimum absolute atomic E-state index is 0.000783. The van der Waals surface area contributed by atoms with Crippen LogP contribution in [-0.2, 0) is 15.0 Å². The van der Waals surface area contributed by atoms with Crippen LogP contribution in [0.4, 0.5) is 11.5 Å². The fraction of sp³-hybridized carbons (Fsp3) is 0.300. The summed E-state index contributed by atoms with van der Waals surface area (Å²) < 4.78 is 28.2. The summed E-state index contributed by atoms with van der Waals surface area (Å²) in [5, 5.41) is 3.81. The Balaban J connectivity index is 1.63. The van der Waals surface area contributed by atoms with Crippen molar-refractivity contribution in [2.75, 3.05) is 23.6 Å². The summed E-state index contributed by atoms with van der Waals surface area (Å²) in [5.74, 6) is 0.591. The molecule has 2 heterocycles. The van der Waals surface area contributed by atoms with Gasteiger partial charge in [-0.25, -0.2) is 4.98 Å². The summed E-state index contributed by atoms with van der Waals surface area (Å²) in [6.07, 6.45) is 3.65. The molecule has 1 amide bonds. The largest absolute Gasteiger partial charge is 0.346 e. The van der Waals surface area contributed by atoms with Gasteiger partial charge in [-0.3, -0.25) is 9.52 Å². The molecular formula is C20H23N5O3S. The van der Waals surface area contributed by atoms with E-state index in [1.807, 2.05) is 24.3 Å². The first-order valence-corrected chi connectivity index (χ1v) is 10.9. The number of aromatic amines is 1. The zero-order valence-electron chi connectivity index (χ0n) is 16.3. The van der Waals surface area contributed by atoms with Gasteiger partial charge in [0.25, 0.3) is 0 Å². The van der Waals surface area contributed by atoms with Gasteiger partial charge in [0.1, 0.15) is 11.5 Å². The highest BCUT2D eigenvalue weighted by Gasteiger charge is 2.30. The average Bonchev–Trinajstić information content (AvgIpc) is 3.45. The first-order valence-electron chi connectivity index (χ1n) is 9.51. The van der Waals surface area contributed by atoms with Crippen LogP contribution in [0.3, 0.4) is 0 Å². The van der Waals surface area contributed by atoms with E-state index in [9.17, 15) is 13.2 Å². The van der Waals surface area contributed by atoms with Crippen LogP contribution in [0.1, 0.15) is 19.8 Å². The van der Waals surface area contributed by atoms with Crippen LogP contribution in [-0.4, -0.2) is 42.2 Å². The molecule has 0 spiro atoms. The molecule has 0 bridgehead atoms. The lowest BCUT2D eigenvalue weighted by molar-refractivity contribution is -0.117. The normalized spacial score (nSPS) is 14.3. The van der Waals surface area contributed by atoms with Gasteiger partial charge in [-0.1, -0.05) is 19.1 Å². The van der Waals surface area contributed by atoms with Gasteiger partial charge in [-0.2, -0.15) is 12.7 Å². The fourth-order valence-electron chi connectivity index (χ4n) is 3.03. The van der Waals surface area contributed by atoms with E-state index in [0.717, 1.165) is 29.4 Å². The smallest absolute Gasteiger partial charge is 0.301 e. The maximum absolute atomic E-state index is 12.2. The highest BCUT2D eigenvalue weighted by molar-refractivity contribution is 7.90. The summed E-state index contributed by atoms with van der Waals surface area (Å²) in [5.41, 5.74) is 2.96. The first-order chi connectivity index (χ1) is 13.9. The molecule has 0 radical (unpaired) electrons. The second-order valence-electron chi connectivity index (χ2n) is 7.16. The molecular weight excluding hydrogens is 390 g/mol. The number of benzene rings is 1. The van der Waals surface area contributed by atoms with Gasteiger partial charge in [-0.15, -0.1) is 0 Å². The zero-order chi connectivity index (χ0) is 20.6. The molecule has 0 aliphatic heterocycles. The van der Waals surface area contributed by atoms with Gasteiger partial charge in [0.15, 0.2) is 0 Å². The van der Waals surface area contributed by atoms with Crippen LogP contribution in [0, 0.1) is 5.92 Å². The highest BCUT2D eigenvalue weighted by atomic mass is 32.2. The minimum atomic E-state index is -3.57. The second-order valence-corrected chi connectivity index (χ2v) is 8.93. The van der Waals surface area contributed by atoms with Crippen molar-refractivity contribution in [2.24, 2.45) is 5.92 Å². The molecule has 1 fully saturated rings. The van der Waals surface area contributed by atoms with Gasteiger partial charge in [-0.05, 0) is 48.2 Å². The van der Waals surface area contributed by atoms with Crippen molar-refractivity contribution in [1.82, 2.24) is 14.3 Å². The summed E-state index contributed by atoms with van der Waals surface area (Å²) in [4.78, 5) is 19.7. The third-order valence-electron chi connectivity index (χ3n) is 5.03. The topological polar surface area (TPSA) is 107 Å². The number of nitrogens with one attached hydrogen (secondary N) is 3. The van der Waals surface area contributed by atoms with E-state index in [0.29, 0.717) is 23.7 Å². The van der Waals surface area contributed by atoms with Crippen molar-refractivity contribution in [3.8, 4) is 11.1 Å². The van der Waals surface area contributed by atoms with Crippen molar-refractivity contribution in [3.05, 3.63) is 42.6 Å². The Morgan fingerprint density at radius 2 is 1.97 bits per heavy atom. The van der Waals surface area contributed by atoms with Crippen molar-refractivity contribution in [1.29, 1.82) is 0 Å². The predicted octanol–water partition coefficient (Wildman–Crippen LogP) is 3.19. The number of hydrogen-bond donors (Lipinski definition) is 3. The van der Waals surface area contributed by atoms with Crippen LogP contribution < -0.4 is 10.0 Å². The van der Waals surface area contributed by atoms with E-state index in [-0.39, 0.29) is 11.8 Å². The maximum atomic E-state index is 12.2. The number of fused-ring (bicyclic) bond motifs is 1. The van der Waals surface area contributed by atoms with Gasteiger partial charge in [0.05, 0.1) is 0 Å². The Morgan fingerprint density at radius 3 is 2.62 bits per heavy atom.